The average molecular weight is 192 g/mol. The van der Waals surface area contributed by atoms with Gasteiger partial charge in [-0.2, -0.15) is 0 Å². The Hall–Kier alpha value is -1.84. The van der Waals surface area contributed by atoms with Gasteiger partial charge in [0.15, 0.2) is 11.5 Å². The molecule has 0 aliphatic rings. The lowest BCUT2D eigenvalue weighted by molar-refractivity contribution is 0.356. The summed E-state index contributed by atoms with van der Waals surface area (Å²) in [5, 5.41) is 1.01. The SMILES string of the molecule is COc1cc2cc(N)[nH]c2cc1OC. The van der Waals surface area contributed by atoms with E-state index in [1.807, 2.05) is 18.2 Å². The quantitative estimate of drug-likeness (QED) is 0.762. The lowest BCUT2D eigenvalue weighted by Gasteiger charge is -2.06. The molecule has 4 heteroatoms. The Morgan fingerprint density at radius 2 is 1.71 bits per heavy atom. The number of nitrogen functional groups attached to an aromatic ring is 1. The molecule has 0 aliphatic carbocycles. The number of fused-ring (bicyclic) bond motifs is 1. The van der Waals surface area contributed by atoms with Gasteiger partial charge < -0.3 is 20.2 Å². The molecule has 1 heterocycles. The number of nitrogens with two attached hydrogens (primary N) is 1. The van der Waals surface area contributed by atoms with Gasteiger partial charge in [-0.25, -0.2) is 0 Å². The van der Waals surface area contributed by atoms with Gasteiger partial charge >= 0.3 is 0 Å². The van der Waals surface area contributed by atoms with Gasteiger partial charge in [0.2, 0.25) is 0 Å². The van der Waals surface area contributed by atoms with E-state index in [0.717, 1.165) is 10.9 Å². The second-order valence-corrected chi connectivity index (χ2v) is 3.02. The molecular weight excluding hydrogens is 180 g/mol. The smallest absolute Gasteiger partial charge is 0.162 e. The van der Waals surface area contributed by atoms with Crippen LogP contribution in [0.4, 0.5) is 5.82 Å². The molecule has 0 unspecified atom stereocenters. The molecule has 1 aromatic carbocycles. The number of ether oxygens (including phenoxy) is 2. The van der Waals surface area contributed by atoms with E-state index in [1.165, 1.54) is 0 Å². The first-order valence-electron chi connectivity index (χ1n) is 4.25. The third kappa shape index (κ3) is 1.25. The molecule has 74 valence electrons. The number of H-pyrrole nitrogens is 1. The summed E-state index contributed by atoms with van der Waals surface area (Å²) in [6.45, 7) is 0. The largest absolute Gasteiger partial charge is 0.493 e. The van der Waals surface area contributed by atoms with Crippen LogP contribution in [0.15, 0.2) is 18.2 Å². The van der Waals surface area contributed by atoms with E-state index in [-0.39, 0.29) is 0 Å². The maximum absolute atomic E-state index is 5.64. The fraction of sp³-hybridized carbons (Fsp3) is 0.200. The number of benzene rings is 1. The van der Waals surface area contributed by atoms with Crippen LogP contribution >= 0.6 is 0 Å². The molecule has 0 radical (unpaired) electrons. The first-order chi connectivity index (χ1) is 6.74. The summed E-state index contributed by atoms with van der Waals surface area (Å²) in [6.07, 6.45) is 0. The molecule has 14 heavy (non-hydrogen) atoms. The van der Waals surface area contributed by atoms with E-state index in [0.29, 0.717) is 17.3 Å². The predicted octanol–water partition coefficient (Wildman–Crippen LogP) is 1.77. The van der Waals surface area contributed by atoms with Gasteiger partial charge in [-0.3, -0.25) is 0 Å². The molecule has 0 atom stereocenters. The number of aromatic amines is 1. The molecule has 2 rings (SSSR count). The average Bonchev–Trinajstić information content (AvgIpc) is 2.54. The van der Waals surface area contributed by atoms with Gasteiger partial charge in [-0.15, -0.1) is 0 Å². The normalized spacial score (nSPS) is 10.4. The van der Waals surface area contributed by atoms with E-state index >= 15 is 0 Å². The monoisotopic (exact) mass is 192 g/mol. The van der Waals surface area contributed by atoms with Gasteiger partial charge in [0.1, 0.15) is 5.82 Å². The van der Waals surface area contributed by atoms with E-state index in [4.69, 9.17) is 15.2 Å². The summed E-state index contributed by atoms with van der Waals surface area (Å²) < 4.78 is 10.3. The van der Waals surface area contributed by atoms with Crippen LogP contribution in [0.25, 0.3) is 10.9 Å². The minimum atomic E-state index is 0.635. The summed E-state index contributed by atoms with van der Waals surface area (Å²) in [6, 6.07) is 5.61. The van der Waals surface area contributed by atoms with Crippen molar-refractivity contribution in [2.24, 2.45) is 0 Å². The number of aromatic nitrogens is 1. The summed E-state index contributed by atoms with van der Waals surface area (Å²) in [7, 11) is 3.22. The Morgan fingerprint density at radius 3 is 2.36 bits per heavy atom. The van der Waals surface area contributed by atoms with Crippen LogP contribution in [0.5, 0.6) is 11.5 Å². The topological polar surface area (TPSA) is 60.3 Å². The highest BCUT2D eigenvalue weighted by atomic mass is 16.5. The molecule has 1 aromatic heterocycles. The molecular formula is C10H12N2O2. The Bertz CT molecular complexity index is 421. The lowest BCUT2D eigenvalue weighted by Crippen LogP contribution is -1.89. The standard InChI is InChI=1S/C10H12N2O2/c1-13-8-3-6-4-10(11)12-7(6)5-9(8)14-2/h3-5,12H,11H2,1-2H3. The van der Waals surface area contributed by atoms with Crippen LogP contribution in [0.1, 0.15) is 0 Å². The van der Waals surface area contributed by atoms with E-state index < -0.39 is 0 Å². The number of hydrogen-bond donors (Lipinski definition) is 2. The third-order valence-electron chi connectivity index (χ3n) is 2.15. The fourth-order valence-electron chi connectivity index (χ4n) is 1.48. The van der Waals surface area contributed by atoms with Crippen LogP contribution in [0, 0.1) is 0 Å². The third-order valence-corrected chi connectivity index (χ3v) is 2.15. The minimum absolute atomic E-state index is 0.635. The molecule has 0 aliphatic heterocycles. The molecule has 0 bridgehead atoms. The van der Waals surface area contributed by atoms with E-state index in [9.17, 15) is 0 Å². The van der Waals surface area contributed by atoms with Crippen LogP contribution in [0.3, 0.4) is 0 Å². The number of hydrogen-bond acceptors (Lipinski definition) is 3. The van der Waals surface area contributed by atoms with Crippen molar-refractivity contribution >= 4 is 16.7 Å². The Labute approximate surface area is 81.6 Å². The first-order valence-corrected chi connectivity index (χ1v) is 4.25. The van der Waals surface area contributed by atoms with Crippen molar-refractivity contribution in [2.45, 2.75) is 0 Å². The van der Waals surface area contributed by atoms with Crippen molar-refractivity contribution in [3.63, 3.8) is 0 Å². The van der Waals surface area contributed by atoms with Gasteiger partial charge in [-0.05, 0) is 12.1 Å². The first kappa shape index (κ1) is 8.74. The van der Waals surface area contributed by atoms with Crippen molar-refractivity contribution in [1.29, 1.82) is 0 Å². The molecule has 0 saturated heterocycles. The number of anilines is 1. The Balaban J connectivity index is 2.68. The van der Waals surface area contributed by atoms with E-state index in [2.05, 4.69) is 4.98 Å². The number of methoxy groups -OCH3 is 2. The van der Waals surface area contributed by atoms with Crippen LogP contribution in [-0.4, -0.2) is 19.2 Å². The van der Waals surface area contributed by atoms with E-state index in [1.54, 1.807) is 14.2 Å². The molecule has 0 amide bonds. The highest BCUT2D eigenvalue weighted by Gasteiger charge is 2.07. The van der Waals surface area contributed by atoms with Crippen molar-refractivity contribution in [3.05, 3.63) is 18.2 Å². The maximum atomic E-state index is 5.64. The predicted molar refractivity (Wildman–Crippen MR) is 55.8 cm³/mol. The molecule has 2 aromatic rings. The maximum Gasteiger partial charge on any atom is 0.162 e. The molecule has 0 spiro atoms. The van der Waals surface area contributed by atoms with Crippen LogP contribution in [0.2, 0.25) is 0 Å². The minimum Gasteiger partial charge on any atom is -0.493 e. The van der Waals surface area contributed by atoms with Crippen molar-refractivity contribution in [3.8, 4) is 11.5 Å². The summed E-state index contributed by atoms with van der Waals surface area (Å²) >= 11 is 0. The summed E-state index contributed by atoms with van der Waals surface area (Å²) in [5.74, 6) is 2.04. The second-order valence-electron chi connectivity index (χ2n) is 3.02. The molecule has 0 fully saturated rings. The molecule has 3 N–H and O–H groups in total. The highest BCUT2D eigenvalue weighted by molar-refractivity contribution is 5.86. The molecule has 0 saturated carbocycles. The Morgan fingerprint density at radius 1 is 1.07 bits per heavy atom. The zero-order valence-electron chi connectivity index (χ0n) is 8.13. The van der Waals surface area contributed by atoms with Gasteiger partial charge in [0.25, 0.3) is 0 Å². The second kappa shape index (κ2) is 3.14. The van der Waals surface area contributed by atoms with Crippen molar-refractivity contribution in [2.75, 3.05) is 20.0 Å². The summed E-state index contributed by atoms with van der Waals surface area (Å²) in [4.78, 5) is 3.03. The van der Waals surface area contributed by atoms with Crippen molar-refractivity contribution < 1.29 is 9.47 Å². The van der Waals surface area contributed by atoms with Gasteiger partial charge in [0.05, 0.1) is 19.7 Å². The fourth-order valence-corrected chi connectivity index (χ4v) is 1.48. The van der Waals surface area contributed by atoms with Crippen LogP contribution in [-0.2, 0) is 0 Å². The lowest BCUT2D eigenvalue weighted by atomic mass is 10.2. The Kier molecular flexibility index (Phi) is 1.96. The number of rotatable bonds is 2. The van der Waals surface area contributed by atoms with Gasteiger partial charge in [-0.1, -0.05) is 0 Å². The van der Waals surface area contributed by atoms with Crippen molar-refractivity contribution in [1.82, 2.24) is 4.98 Å². The van der Waals surface area contributed by atoms with Crippen LogP contribution < -0.4 is 15.2 Å². The number of nitrogens with one attached hydrogen (secondary N) is 1. The van der Waals surface area contributed by atoms with Gasteiger partial charge in [0, 0.05) is 11.5 Å². The zero-order chi connectivity index (χ0) is 10.1. The molecule has 4 nitrogen and oxygen atoms in total. The zero-order valence-corrected chi connectivity index (χ0v) is 8.13. The summed E-state index contributed by atoms with van der Waals surface area (Å²) in [5.41, 5.74) is 6.58. The highest BCUT2D eigenvalue weighted by Crippen LogP contribution is 2.32.